The van der Waals surface area contributed by atoms with Crippen LogP contribution >= 0.6 is 11.6 Å². The van der Waals surface area contributed by atoms with Crippen LogP contribution in [-0.4, -0.2) is 28.2 Å². The molecule has 0 atom stereocenters. The van der Waals surface area contributed by atoms with Crippen molar-refractivity contribution in [1.82, 2.24) is 4.72 Å². The molecule has 0 aliphatic carbocycles. The Bertz CT molecular complexity index is 538. The van der Waals surface area contributed by atoms with Crippen LogP contribution in [0.3, 0.4) is 0 Å². The summed E-state index contributed by atoms with van der Waals surface area (Å²) in [5.74, 6) is 0. The predicted molar refractivity (Wildman–Crippen MR) is 86.1 cm³/mol. The topological polar surface area (TPSA) is 81.4 Å². The van der Waals surface area contributed by atoms with E-state index in [0.29, 0.717) is 42.5 Å². The first-order chi connectivity index (χ1) is 9.88. The first-order valence-electron chi connectivity index (χ1n) is 7.01. The largest absolute Gasteiger partial charge is 0.398 e. The lowest BCUT2D eigenvalue weighted by Gasteiger charge is -2.10. The molecule has 120 valence electrons. The molecule has 1 rings (SSSR count). The fourth-order valence-corrected chi connectivity index (χ4v) is 3.07. The van der Waals surface area contributed by atoms with Crippen molar-refractivity contribution in [3.05, 3.63) is 22.7 Å². The zero-order valence-electron chi connectivity index (χ0n) is 12.5. The number of ether oxygens (including phenoxy) is 1. The standard InChI is InChI=1S/C14H23ClN2O3S/c1-3-4-7-20-8-5-6-17-21(18,19)12-9-13(15)11(2)14(16)10-12/h9-10,17H,3-8,16H2,1-2H3. The summed E-state index contributed by atoms with van der Waals surface area (Å²) in [7, 11) is -3.59. The summed E-state index contributed by atoms with van der Waals surface area (Å²) in [5, 5.41) is 0.346. The summed E-state index contributed by atoms with van der Waals surface area (Å²) in [6.07, 6.45) is 2.73. The number of anilines is 1. The van der Waals surface area contributed by atoms with Crippen molar-refractivity contribution < 1.29 is 13.2 Å². The highest BCUT2D eigenvalue weighted by Gasteiger charge is 2.16. The second kappa shape index (κ2) is 8.58. The molecule has 3 N–H and O–H groups in total. The van der Waals surface area contributed by atoms with Gasteiger partial charge in [0.05, 0.1) is 4.90 Å². The highest BCUT2D eigenvalue weighted by atomic mass is 35.5. The highest BCUT2D eigenvalue weighted by molar-refractivity contribution is 7.89. The van der Waals surface area contributed by atoms with Crippen LogP contribution in [0.25, 0.3) is 0 Å². The zero-order chi connectivity index (χ0) is 15.9. The summed E-state index contributed by atoms with van der Waals surface area (Å²) >= 11 is 5.97. The van der Waals surface area contributed by atoms with Gasteiger partial charge in [-0.25, -0.2) is 13.1 Å². The zero-order valence-corrected chi connectivity index (χ0v) is 14.1. The van der Waals surface area contributed by atoms with E-state index in [1.165, 1.54) is 12.1 Å². The molecule has 1 aromatic carbocycles. The Labute approximate surface area is 131 Å². The smallest absolute Gasteiger partial charge is 0.240 e. The maximum atomic E-state index is 12.1. The molecule has 7 heteroatoms. The summed E-state index contributed by atoms with van der Waals surface area (Å²) in [6.45, 7) is 5.41. The fourth-order valence-electron chi connectivity index (χ4n) is 1.64. The molecule has 0 radical (unpaired) electrons. The van der Waals surface area contributed by atoms with Crippen molar-refractivity contribution >= 4 is 27.3 Å². The second-order valence-electron chi connectivity index (χ2n) is 4.84. The lowest BCUT2D eigenvalue weighted by Crippen LogP contribution is -2.25. The maximum absolute atomic E-state index is 12.1. The summed E-state index contributed by atoms with van der Waals surface area (Å²) in [4.78, 5) is 0.0856. The van der Waals surface area contributed by atoms with Gasteiger partial charge in [0.25, 0.3) is 0 Å². The van der Waals surface area contributed by atoms with E-state index in [4.69, 9.17) is 22.1 Å². The molecule has 0 aliphatic heterocycles. The SMILES string of the molecule is CCCCOCCCNS(=O)(=O)c1cc(N)c(C)c(Cl)c1. The molecular weight excluding hydrogens is 312 g/mol. The number of nitrogen functional groups attached to an aromatic ring is 1. The number of nitrogens with two attached hydrogens (primary N) is 1. The van der Waals surface area contributed by atoms with Crippen LogP contribution in [0.5, 0.6) is 0 Å². The van der Waals surface area contributed by atoms with Crippen molar-refractivity contribution in [3.63, 3.8) is 0 Å². The van der Waals surface area contributed by atoms with E-state index in [0.717, 1.165) is 12.8 Å². The van der Waals surface area contributed by atoms with Gasteiger partial charge in [-0.05, 0) is 37.5 Å². The van der Waals surface area contributed by atoms with E-state index in [9.17, 15) is 8.42 Å². The lowest BCUT2D eigenvalue weighted by molar-refractivity contribution is 0.130. The molecule has 1 aromatic rings. The highest BCUT2D eigenvalue weighted by Crippen LogP contribution is 2.25. The van der Waals surface area contributed by atoms with Gasteiger partial charge in [-0.2, -0.15) is 0 Å². The van der Waals surface area contributed by atoms with E-state index in [-0.39, 0.29) is 4.90 Å². The number of halogens is 1. The predicted octanol–water partition coefficient (Wildman–Crippen LogP) is 2.72. The van der Waals surface area contributed by atoms with Gasteiger partial charge in [-0.1, -0.05) is 24.9 Å². The monoisotopic (exact) mass is 334 g/mol. The molecule has 0 unspecified atom stereocenters. The minimum atomic E-state index is -3.59. The number of sulfonamides is 1. The molecule has 21 heavy (non-hydrogen) atoms. The van der Waals surface area contributed by atoms with E-state index >= 15 is 0 Å². The molecule has 0 amide bonds. The number of benzene rings is 1. The molecule has 0 heterocycles. The Morgan fingerprint density at radius 3 is 2.57 bits per heavy atom. The Morgan fingerprint density at radius 2 is 1.95 bits per heavy atom. The normalized spacial score (nSPS) is 11.8. The van der Waals surface area contributed by atoms with Crippen LogP contribution in [0.2, 0.25) is 5.02 Å². The minimum Gasteiger partial charge on any atom is -0.398 e. The maximum Gasteiger partial charge on any atom is 0.240 e. The van der Waals surface area contributed by atoms with Gasteiger partial charge in [0, 0.05) is 30.5 Å². The van der Waals surface area contributed by atoms with Gasteiger partial charge >= 0.3 is 0 Å². The first kappa shape index (κ1) is 18.2. The van der Waals surface area contributed by atoms with Crippen LogP contribution in [0.1, 0.15) is 31.7 Å². The van der Waals surface area contributed by atoms with Gasteiger partial charge in [0.1, 0.15) is 0 Å². The number of nitrogens with one attached hydrogen (secondary N) is 1. The average molecular weight is 335 g/mol. The lowest BCUT2D eigenvalue weighted by atomic mass is 10.2. The quantitative estimate of drug-likeness (QED) is 0.537. The number of hydrogen-bond acceptors (Lipinski definition) is 4. The molecule has 0 fully saturated rings. The van der Waals surface area contributed by atoms with Gasteiger partial charge in [-0.3, -0.25) is 0 Å². The summed E-state index contributed by atoms with van der Waals surface area (Å²) in [6, 6.07) is 2.83. The molecule has 0 saturated carbocycles. The molecule has 0 aliphatic rings. The van der Waals surface area contributed by atoms with Crippen LogP contribution in [-0.2, 0) is 14.8 Å². The third kappa shape index (κ3) is 5.82. The van der Waals surface area contributed by atoms with Gasteiger partial charge in [0.2, 0.25) is 10.0 Å². The second-order valence-corrected chi connectivity index (χ2v) is 7.01. The Morgan fingerprint density at radius 1 is 1.29 bits per heavy atom. The average Bonchev–Trinajstić information content (AvgIpc) is 2.43. The first-order valence-corrected chi connectivity index (χ1v) is 8.87. The van der Waals surface area contributed by atoms with Gasteiger partial charge in [0.15, 0.2) is 0 Å². The molecule has 0 bridgehead atoms. The van der Waals surface area contributed by atoms with E-state index in [2.05, 4.69) is 11.6 Å². The van der Waals surface area contributed by atoms with E-state index in [1.807, 2.05) is 0 Å². The third-order valence-corrected chi connectivity index (χ3v) is 4.90. The minimum absolute atomic E-state index is 0.0856. The van der Waals surface area contributed by atoms with Crippen LogP contribution in [0.4, 0.5) is 5.69 Å². The Hall–Kier alpha value is -0.820. The number of hydrogen-bond donors (Lipinski definition) is 2. The van der Waals surface area contributed by atoms with Crippen molar-refractivity contribution in [3.8, 4) is 0 Å². The van der Waals surface area contributed by atoms with Crippen LogP contribution < -0.4 is 10.5 Å². The van der Waals surface area contributed by atoms with Crippen molar-refractivity contribution in [1.29, 1.82) is 0 Å². The van der Waals surface area contributed by atoms with Gasteiger partial charge < -0.3 is 10.5 Å². The number of unbranched alkanes of at least 4 members (excludes halogenated alkanes) is 1. The Balaban J connectivity index is 2.51. The van der Waals surface area contributed by atoms with Crippen molar-refractivity contribution in [2.24, 2.45) is 0 Å². The fraction of sp³-hybridized carbons (Fsp3) is 0.571. The van der Waals surface area contributed by atoms with Crippen LogP contribution in [0.15, 0.2) is 17.0 Å². The van der Waals surface area contributed by atoms with E-state index in [1.54, 1.807) is 6.92 Å². The molecule has 0 spiro atoms. The molecule has 0 saturated heterocycles. The third-order valence-electron chi connectivity index (χ3n) is 3.07. The molecule has 5 nitrogen and oxygen atoms in total. The summed E-state index contributed by atoms with van der Waals surface area (Å²) in [5.41, 5.74) is 6.79. The Kier molecular flexibility index (Phi) is 7.45. The van der Waals surface area contributed by atoms with Crippen LogP contribution in [0, 0.1) is 6.92 Å². The summed E-state index contributed by atoms with van der Waals surface area (Å²) < 4.78 is 32.1. The molecule has 0 aromatic heterocycles. The van der Waals surface area contributed by atoms with Gasteiger partial charge in [-0.15, -0.1) is 0 Å². The number of rotatable bonds is 9. The molecular formula is C14H23ClN2O3S. The van der Waals surface area contributed by atoms with E-state index < -0.39 is 10.0 Å². The van der Waals surface area contributed by atoms with Crippen molar-refractivity contribution in [2.75, 3.05) is 25.5 Å². The van der Waals surface area contributed by atoms with Crippen molar-refractivity contribution in [2.45, 2.75) is 38.0 Å².